The van der Waals surface area contributed by atoms with Crippen LogP contribution in [0.4, 0.5) is 0 Å². The molecule has 0 aromatic heterocycles. The normalized spacial score (nSPS) is 18.3. The molecule has 0 amide bonds. The van der Waals surface area contributed by atoms with Crippen LogP contribution in [0.2, 0.25) is 0 Å². The van der Waals surface area contributed by atoms with E-state index in [0.29, 0.717) is 0 Å². The third-order valence-electron chi connectivity index (χ3n) is 4.64. The topological polar surface area (TPSA) is 29.5 Å². The number of rotatable bonds is 9. The predicted octanol–water partition coefficient (Wildman–Crippen LogP) is 3.93. The average Bonchev–Trinajstić information content (AvgIpc) is 3.09. The Kier molecular flexibility index (Phi) is 7.07. The van der Waals surface area contributed by atoms with Crippen molar-refractivity contribution in [2.24, 2.45) is 0 Å². The van der Waals surface area contributed by atoms with Gasteiger partial charge in [0.05, 0.1) is 12.1 Å². The summed E-state index contributed by atoms with van der Waals surface area (Å²) in [6.07, 6.45) is 6.75. The molecule has 2 unspecified atom stereocenters. The van der Waals surface area contributed by atoms with Crippen LogP contribution in [-0.2, 0) is 4.74 Å². The number of methoxy groups -OCH3 is 1. The SMILES string of the molecule is CCCCC(CC(C(=O)c1ccccc1)N1CCCC1)OC. The largest absolute Gasteiger partial charge is 0.381 e. The number of nitrogens with zero attached hydrogens (tertiary/aromatic N) is 1. The molecule has 0 aliphatic carbocycles. The molecule has 1 aliphatic rings. The van der Waals surface area contributed by atoms with Gasteiger partial charge < -0.3 is 4.74 Å². The fourth-order valence-corrected chi connectivity index (χ4v) is 3.28. The van der Waals surface area contributed by atoms with Crippen LogP contribution in [-0.4, -0.2) is 43.0 Å². The second-order valence-electron chi connectivity index (χ2n) is 6.22. The van der Waals surface area contributed by atoms with E-state index >= 15 is 0 Å². The lowest BCUT2D eigenvalue weighted by Gasteiger charge is -2.29. The van der Waals surface area contributed by atoms with E-state index in [9.17, 15) is 4.79 Å². The van der Waals surface area contributed by atoms with E-state index in [1.54, 1.807) is 7.11 Å². The van der Waals surface area contributed by atoms with Crippen LogP contribution in [0.1, 0.15) is 55.8 Å². The number of ketones is 1. The van der Waals surface area contributed by atoms with Crippen LogP contribution < -0.4 is 0 Å². The molecule has 0 spiro atoms. The maximum Gasteiger partial charge on any atom is 0.180 e. The van der Waals surface area contributed by atoms with Gasteiger partial charge >= 0.3 is 0 Å². The van der Waals surface area contributed by atoms with Gasteiger partial charge in [0, 0.05) is 12.7 Å². The highest BCUT2D eigenvalue weighted by Crippen LogP contribution is 2.22. The highest BCUT2D eigenvalue weighted by Gasteiger charge is 2.31. The van der Waals surface area contributed by atoms with Crippen molar-refractivity contribution in [3.8, 4) is 0 Å². The zero-order chi connectivity index (χ0) is 15.8. The monoisotopic (exact) mass is 303 g/mol. The molecule has 0 N–H and O–H groups in total. The summed E-state index contributed by atoms with van der Waals surface area (Å²) in [4.78, 5) is 15.3. The van der Waals surface area contributed by atoms with Crippen molar-refractivity contribution < 1.29 is 9.53 Å². The Hall–Kier alpha value is -1.19. The summed E-state index contributed by atoms with van der Waals surface area (Å²) in [7, 11) is 1.77. The van der Waals surface area contributed by atoms with E-state index in [-0.39, 0.29) is 17.9 Å². The fourth-order valence-electron chi connectivity index (χ4n) is 3.28. The number of unbranched alkanes of at least 4 members (excludes halogenated alkanes) is 1. The van der Waals surface area contributed by atoms with Gasteiger partial charge in [0.15, 0.2) is 5.78 Å². The lowest BCUT2D eigenvalue weighted by Crippen LogP contribution is -2.42. The summed E-state index contributed by atoms with van der Waals surface area (Å²) in [5.74, 6) is 0.251. The van der Waals surface area contributed by atoms with Crippen LogP contribution in [0, 0.1) is 0 Å². The van der Waals surface area contributed by atoms with Gasteiger partial charge in [-0.1, -0.05) is 50.1 Å². The Morgan fingerprint density at radius 2 is 1.91 bits per heavy atom. The van der Waals surface area contributed by atoms with Crippen LogP contribution >= 0.6 is 0 Å². The molecule has 3 nitrogen and oxygen atoms in total. The van der Waals surface area contributed by atoms with Gasteiger partial charge in [-0.2, -0.15) is 0 Å². The number of carbonyl (C=O) groups excluding carboxylic acids is 1. The van der Waals surface area contributed by atoms with Crippen LogP contribution in [0.5, 0.6) is 0 Å². The predicted molar refractivity (Wildman–Crippen MR) is 90.3 cm³/mol. The molecular formula is C19H29NO2. The highest BCUT2D eigenvalue weighted by atomic mass is 16.5. The first-order chi connectivity index (χ1) is 10.8. The van der Waals surface area contributed by atoms with Gasteiger partial charge in [-0.25, -0.2) is 0 Å². The van der Waals surface area contributed by atoms with Gasteiger partial charge in [-0.05, 0) is 38.8 Å². The smallest absolute Gasteiger partial charge is 0.180 e. The molecule has 0 saturated carbocycles. The quantitative estimate of drug-likeness (QED) is 0.647. The second kappa shape index (κ2) is 9.06. The minimum absolute atomic E-state index is 0.0355. The number of ether oxygens (including phenoxy) is 1. The standard InChI is InChI=1S/C19H29NO2/c1-3-4-12-17(22-2)15-18(20-13-8-9-14-20)19(21)16-10-6-5-7-11-16/h5-7,10-11,17-18H,3-4,8-9,12-15H2,1-2H3. The molecule has 2 atom stereocenters. The van der Waals surface area contributed by atoms with Crippen molar-refractivity contribution >= 4 is 5.78 Å². The van der Waals surface area contributed by atoms with E-state index in [2.05, 4.69) is 11.8 Å². The molecule has 1 heterocycles. The third kappa shape index (κ3) is 4.65. The van der Waals surface area contributed by atoms with E-state index in [1.165, 1.54) is 19.3 Å². The summed E-state index contributed by atoms with van der Waals surface area (Å²) in [5.41, 5.74) is 0.824. The van der Waals surface area contributed by atoms with Crippen LogP contribution in [0.15, 0.2) is 30.3 Å². The number of benzene rings is 1. The molecule has 1 aromatic rings. The first-order valence-electron chi connectivity index (χ1n) is 8.62. The Balaban J connectivity index is 2.10. The van der Waals surface area contributed by atoms with Crippen molar-refractivity contribution in [1.82, 2.24) is 4.90 Å². The van der Waals surface area contributed by atoms with Gasteiger partial charge in [0.1, 0.15) is 0 Å². The number of hydrogen-bond donors (Lipinski definition) is 0. The van der Waals surface area contributed by atoms with Crippen molar-refractivity contribution in [3.05, 3.63) is 35.9 Å². The number of Topliss-reactive ketones (excluding diaryl/α,β-unsaturated/α-hetero) is 1. The highest BCUT2D eigenvalue weighted by molar-refractivity contribution is 6.00. The third-order valence-corrected chi connectivity index (χ3v) is 4.64. The zero-order valence-corrected chi connectivity index (χ0v) is 14.0. The first-order valence-corrected chi connectivity index (χ1v) is 8.62. The average molecular weight is 303 g/mol. The summed E-state index contributed by atoms with van der Waals surface area (Å²) >= 11 is 0. The number of likely N-dealkylation sites (tertiary alicyclic amines) is 1. The molecular weight excluding hydrogens is 274 g/mol. The molecule has 0 bridgehead atoms. The summed E-state index contributed by atoms with van der Waals surface area (Å²) in [5, 5.41) is 0. The maximum atomic E-state index is 13.0. The molecule has 0 radical (unpaired) electrons. The molecule has 22 heavy (non-hydrogen) atoms. The Morgan fingerprint density at radius 1 is 1.23 bits per heavy atom. The van der Waals surface area contributed by atoms with Gasteiger partial charge in [0.25, 0.3) is 0 Å². The van der Waals surface area contributed by atoms with Crippen molar-refractivity contribution in [2.45, 2.75) is 57.6 Å². The van der Waals surface area contributed by atoms with Gasteiger partial charge in [0.2, 0.25) is 0 Å². The number of hydrogen-bond acceptors (Lipinski definition) is 3. The molecule has 1 aliphatic heterocycles. The minimum Gasteiger partial charge on any atom is -0.381 e. The molecule has 1 aromatic carbocycles. The minimum atomic E-state index is -0.0355. The summed E-state index contributed by atoms with van der Waals surface area (Å²) in [6.45, 7) is 4.26. The number of carbonyl (C=O) groups is 1. The molecule has 122 valence electrons. The van der Waals surface area contributed by atoms with Crippen LogP contribution in [0.25, 0.3) is 0 Å². The summed E-state index contributed by atoms with van der Waals surface area (Å²) in [6, 6.07) is 9.67. The van der Waals surface area contributed by atoms with Crippen molar-refractivity contribution in [3.63, 3.8) is 0 Å². The maximum absolute atomic E-state index is 13.0. The van der Waals surface area contributed by atoms with Crippen molar-refractivity contribution in [2.75, 3.05) is 20.2 Å². The Morgan fingerprint density at radius 3 is 2.50 bits per heavy atom. The van der Waals surface area contributed by atoms with E-state index in [4.69, 9.17) is 4.74 Å². The molecule has 2 rings (SSSR count). The summed E-state index contributed by atoms with van der Waals surface area (Å²) < 4.78 is 5.65. The van der Waals surface area contributed by atoms with E-state index in [0.717, 1.165) is 37.9 Å². The second-order valence-corrected chi connectivity index (χ2v) is 6.22. The fraction of sp³-hybridized carbons (Fsp3) is 0.632. The lowest BCUT2D eigenvalue weighted by molar-refractivity contribution is 0.0503. The van der Waals surface area contributed by atoms with Gasteiger partial charge in [-0.3, -0.25) is 9.69 Å². The van der Waals surface area contributed by atoms with Gasteiger partial charge in [-0.15, -0.1) is 0 Å². The van der Waals surface area contributed by atoms with E-state index in [1.807, 2.05) is 30.3 Å². The Bertz CT molecular complexity index is 440. The lowest BCUT2D eigenvalue weighted by atomic mass is 9.95. The van der Waals surface area contributed by atoms with E-state index < -0.39 is 0 Å². The first kappa shape index (κ1) is 17.2. The zero-order valence-electron chi connectivity index (χ0n) is 14.0. The Labute approximate surface area is 134 Å². The molecule has 1 saturated heterocycles. The molecule has 3 heteroatoms. The molecule has 1 fully saturated rings. The van der Waals surface area contributed by atoms with Crippen molar-refractivity contribution in [1.29, 1.82) is 0 Å². The van der Waals surface area contributed by atoms with Crippen LogP contribution in [0.3, 0.4) is 0 Å².